The highest BCUT2D eigenvalue weighted by Crippen LogP contribution is 2.24. The van der Waals surface area contributed by atoms with Crippen LogP contribution in [0, 0.1) is 6.92 Å². The summed E-state index contributed by atoms with van der Waals surface area (Å²) in [5.74, 6) is 2.55. The van der Waals surface area contributed by atoms with Gasteiger partial charge in [0.2, 0.25) is 5.95 Å². The molecule has 1 aliphatic rings. The number of halogens is 1. The van der Waals surface area contributed by atoms with Gasteiger partial charge in [0, 0.05) is 44.1 Å². The summed E-state index contributed by atoms with van der Waals surface area (Å²) in [7, 11) is 3.98. The Morgan fingerprint density at radius 2 is 1.90 bits per heavy atom. The van der Waals surface area contributed by atoms with Gasteiger partial charge in [-0.2, -0.15) is 4.98 Å². The van der Waals surface area contributed by atoms with Gasteiger partial charge in [0.1, 0.15) is 10.8 Å². The van der Waals surface area contributed by atoms with Gasteiger partial charge in [-0.3, -0.25) is 4.79 Å². The maximum Gasteiger partial charge on any atom is 0.254 e. The highest BCUT2D eigenvalue weighted by molar-refractivity contribution is 7.99. The van der Waals surface area contributed by atoms with Crippen molar-refractivity contribution in [1.29, 1.82) is 0 Å². The topological polar surface area (TPSA) is 83.0 Å². The van der Waals surface area contributed by atoms with Crippen LogP contribution >= 0.6 is 24.2 Å². The van der Waals surface area contributed by atoms with Crippen molar-refractivity contribution in [3.63, 3.8) is 0 Å². The molecule has 0 atom stereocenters. The molecule has 0 unspecified atom stereocenters. The normalized spacial score (nSPS) is 18.1. The van der Waals surface area contributed by atoms with Crippen molar-refractivity contribution >= 4 is 41.8 Å². The zero-order valence-electron chi connectivity index (χ0n) is 18.7. The molecule has 0 spiro atoms. The minimum Gasteiger partial charge on any atom is -0.362 e. The quantitative estimate of drug-likeness (QED) is 0.562. The molecule has 9 heteroatoms. The Kier molecular flexibility index (Phi) is 9.84. The van der Waals surface area contributed by atoms with E-state index in [1.165, 1.54) is 0 Å². The molecule has 0 aliphatic heterocycles. The van der Waals surface area contributed by atoms with Crippen molar-refractivity contribution < 1.29 is 4.79 Å². The molecule has 2 aromatic heterocycles. The van der Waals surface area contributed by atoms with E-state index in [0.29, 0.717) is 17.6 Å². The average molecular weight is 465 g/mol. The number of pyridine rings is 1. The van der Waals surface area contributed by atoms with Gasteiger partial charge in [0.05, 0.1) is 5.56 Å². The molecule has 0 saturated heterocycles. The summed E-state index contributed by atoms with van der Waals surface area (Å²) in [5, 5.41) is 7.50. The second-order valence-electron chi connectivity index (χ2n) is 7.97. The smallest absolute Gasteiger partial charge is 0.254 e. The van der Waals surface area contributed by atoms with Gasteiger partial charge >= 0.3 is 0 Å². The van der Waals surface area contributed by atoms with Crippen LogP contribution in [-0.2, 0) is 0 Å². The number of aromatic nitrogens is 3. The Balaban J connectivity index is 0.00000341. The molecule has 170 valence electrons. The summed E-state index contributed by atoms with van der Waals surface area (Å²) in [5.41, 5.74) is 1.74. The maximum absolute atomic E-state index is 12.8. The molecular weight excluding hydrogens is 432 g/mol. The van der Waals surface area contributed by atoms with Crippen LogP contribution in [0.4, 0.5) is 11.8 Å². The average Bonchev–Trinajstić information content (AvgIpc) is 2.75. The van der Waals surface area contributed by atoms with E-state index in [9.17, 15) is 4.79 Å². The first-order chi connectivity index (χ1) is 14.5. The second kappa shape index (κ2) is 12.1. The number of thioether (sulfide) groups is 1. The highest BCUT2D eigenvalue weighted by Gasteiger charge is 2.24. The number of amides is 1. The number of nitrogens with zero attached hydrogens (tertiary/aromatic N) is 4. The monoisotopic (exact) mass is 464 g/mol. The number of nitrogens with one attached hydrogen (secondary N) is 2. The molecule has 1 amide bonds. The van der Waals surface area contributed by atoms with Gasteiger partial charge in [-0.1, -0.05) is 6.92 Å². The molecule has 0 radical (unpaired) electrons. The minimum absolute atomic E-state index is 0. The van der Waals surface area contributed by atoms with E-state index in [2.05, 4.69) is 32.5 Å². The number of carbonyl (C=O) groups is 1. The fraction of sp³-hybridized carbons (Fsp3) is 0.545. The first-order valence-electron chi connectivity index (χ1n) is 10.6. The van der Waals surface area contributed by atoms with Crippen molar-refractivity contribution in [3.8, 4) is 0 Å². The molecule has 1 saturated carbocycles. The van der Waals surface area contributed by atoms with E-state index in [4.69, 9.17) is 0 Å². The van der Waals surface area contributed by atoms with Crippen molar-refractivity contribution in [2.45, 2.75) is 63.1 Å². The molecule has 1 fully saturated rings. The third-order valence-corrected chi connectivity index (χ3v) is 6.43. The Hall–Kier alpha value is -2.06. The first kappa shape index (κ1) is 25.2. The Morgan fingerprint density at radius 3 is 2.58 bits per heavy atom. The highest BCUT2D eigenvalue weighted by atomic mass is 35.5. The minimum atomic E-state index is -0.0180. The van der Waals surface area contributed by atoms with Crippen LogP contribution in [0.2, 0.25) is 0 Å². The summed E-state index contributed by atoms with van der Waals surface area (Å²) in [6, 6.07) is 4.21. The third-order valence-electron chi connectivity index (χ3n) is 5.22. The maximum atomic E-state index is 12.8. The van der Waals surface area contributed by atoms with E-state index in [-0.39, 0.29) is 24.4 Å². The summed E-state index contributed by atoms with van der Waals surface area (Å²) in [6.45, 7) is 4.15. The van der Waals surface area contributed by atoms with Crippen molar-refractivity contribution in [1.82, 2.24) is 20.3 Å². The van der Waals surface area contributed by atoms with Gasteiger partial charge < -0.3 is 15.5 Å². The second-order valence-corrected chi connectivity index (χ2v) is 9.05. The lowest BCUT2D eigenvalue weighted by atomic mass is 9.91. The van der Waals surface area contributed by atoms with Gasteiger partial charge in [0.15, 0.2) is 0 Å². The summed E-state index contributed by atoms with van der Waals surface area (Å²) < 4.78 is 0. The number of hydrogen-bond donors (Lipinski definition) is 2. The van der Waals surface area contributed by atoms with Crippen LogP contribution in [0.25, 0.3) is 0 Å². The molecule has 0 bridgehead atoms. The van der Waals surface area contributed by atoms with Gasteiger partial charge in [-0.25, -0.2) is 9.97 Å². The Bertz CT molecular complexity index is 858. The van der Waals surface area contributed by atoms with E-state index >= 15 is 0 Å². The third kappa shape index (κ3) is 6.97. The predicted octanol–water partition coefficient (Wildman–Crippen LogP) is 4.32. The van der Waals surface area contributed by atoms with Crippen LogP contribution in [0.1, 0.15) is 54.9 Å². The first-order valence-corrected chi connectivity index (χ1v) is 11.6. The van der Waals surface area contributed by atoms with Crippen LogP contribution in [0.15, 0.2) is 29.6 Å². The molecule has 7 nitrogen and oxygen atoms in total. The van der Waals surface area contributed by atoms with Gasteiger partial charge in [-0.15, -0.1) is 24.2 Å². The van der Waals surface area contributed by atoms with Crippen LogP contribution in [0.5, 0.6) is 0 Å². The Morgan fingerprint density at radius 1 is 1.19 bits per heavy atom. The Labute approximate surface area is 195 Å². The zero-order valence-corrected chi connectivity index (χ0v) is 20.4. The van der Waals surface area contributed by atoms with Crippen molar-refractivity contribution in [2.75, 3.05) is 30.1 Å². The van der Waals surface area contributed by atoms with Crippen molar-refractivity contribution in [2.24, 2.45) is 0 Å². The van der Waals surface area contributed by atoms with Gasteiger partial charge in [0.25, 0.3) is 5.91 Å². The molecule has 1 aliphatic carbocycles. The summed E-state index contributed by atoms with van der Waals surface area (Å²) >= 11 is 1.64. The van der Waals surface area contributed by atoms with E-state index in [1.807, 2.05) is 44.2 Å². The number of aryl methyl sites for hydroxylation is 1. The molecule has 3 rings (SSSR count). The van der Waals surface area contributed by atoms with E-state index in [1.54, 1.807) is 18.0 Å². The lowest BCUT2D eigenvalue weighted by molar-refractivity contribution is 0.0923. The predicted molar refractivity (Wildman–Crippen MR) is 131 cm³/mol. The fourth-order valence-electron chi connectivity index (χ4n) is 3.66. The largest absolute Gasteiger partial charge is 0.362 e. The van der Waals surface area contributed by atoms with E-state index in [0.717, 1.165) is 54.3 Å². The number of rotatable bonds is 8. The fourth-order valence-corrected chi connectivity index (χ4v) is 4.51. The molecule has 2 N–H and O–H groups in total. The summed E-state index contributed by atoms with van der Waals surface area (Å²) in [6.07, 6.45) is 8.49. The number of hydrogen-bond acceptors (Lipinski definition) is 7. The lowest BCUT2D eigenvalue weighted by Crippen LogP contribution is -2.40. The number of carbonyl (C=O) groups excluding carboxylic acids is 1. The standard InChI is InChI=1S/C22H32N6OS.ClH/c1-5-13-30-21-18(7-6-12-23-21)20(29)25-16-8-10-17(11-9-16)26-22-24-14-15(2)19(27-22)28(3)4;/h6-7,12,14,16-17H,5,8-11,13H2,1-4H3,(H,25,29)(H,24,26,27);1H/t16-,17+;. The molecule has 0 aromatic carbocycles. The van der Waals surface area contributed by atoms with Gasteiger partial charge in [-0.05, 0) is 56.9 Å². The van der Waals surface area contributed by atoms with E-state index < -0.39 is 0 Å². The zero-order chi connectivity index (χ0) is 21.5. The molecule has 31 heavy (non-hydrogen) atoms. The van der Waals surface area contributed by atoms with Crippen LogP contribution in [0.3, 0.4) is 0 Å². The number of anilines is 2. The molecular formula is C22H33ClN6OS. The lowest BCUT2D eigenvalue weighted by Gasteiger charge is -2.30. The molecule has 2 heterocycles. The SMILES string of the molecule is CCCSc1ncccc1C(=O)N[C@H]1CC[C@@H](Nc2ncc(C)c(N(C)C)n2)CC1.Cl. The molecule has 2 aromatic rings. The van der Waals surface area contributed by atoms with Crippen LogP contribution in [-0.4, -0.2) is 52.8 Å². The summed E-state index contributed by atoms with van der Waals surface area (Å²) in [4.78, 5) is 28.2. The van der Waals surface area contributed by atoms with Crippen molar-refractivity contribution in [3.05, 3.63) is 35.7 Å². The van der Waals surface area contributed by atoms with Crippen LogP contribution < -0.4 is 15.5 Å².